The molecule has 0 aliphatic heterocycles. The number of carbonyl (C=O) groups is 1. The summed E-state index contributed by atoms with van der Waals surface area (Å²) in [6.07, 6.45) is -7.21. The molecule has 2 amide bonds. The van der Waals surface area contributed by atoms with Crippen LogP contribution in [-0.2, 0) is 0 Å². The molecule has 0 rings (SSSR count). The zero-order chi connectivity index (χ0) is 11.4. The smallest absolute Gasteiger partial charge is 0.382 e. The summed E-state index contributed by atoms with van der Waals surface area (Å²) in [6, 6.07) is -0.643. The van der Waals surface area contributed by atoms with Crippen molar-refractivity contribution in [3.63, 3.8) is 0 Å². The van der Waals surface area contributed by atoms with E-state index < -0.39 is 24.9 Å². The van der Waals surface area contributed by atoms with Crippen LogP contribution >= 0.6 is 0 Å². The third-order valence-corrected chi connectivity index (χ3v) is 1.65. The van der Waals surface area contributed by atoms with E-state index in [1.54, 1.807) is 6.92 Å². The first kappa shape index (κ1) is 13.0. The normalized spacial score (nSPS) is 13.6. The predicted molar refractivity (Wildman–Crippen MR) is 43.8 cm³/mol. The minimum atomic E-state index is -4.70. The molecule has 1 unspecified atom stereocenters. The number of rotatable bonds is 3. The molecule has 0 aliphatic rings. The van der Waals surface area contributed by atoms with Gasteiger partial charge in [0.15, 0.2) is 6.10 Å². The molecule has 84 valence electrons. The summed E-state index contributed by atoms with van der Waals surface area (Å²) in [6.45, 7) is 1.24. The Morgan fingerprint density at radius 1 is 1.57 bits per heavy atom. The number of hydrogen-bond donors (Lipinski definition) is 2. The molecule has 0 aromatic heterocycles. The van der Waals surface area contributed by atoms with Crippen LogP contribution in [0.2, 0.25) is 0 Å². The Hall–Kier alpha value is -0.980. The summed E-state index contributed by atoms with van der Waals surface area (Å²) in [4.78, 5) is 12.1. The topological polar surface area (TPSA) is 52.6 Å². The summed E-state index contributed by atoms with van der Waals surface area (Å²) in [5.41, 5.74) is 0. The lowest BCUT2D eigenvalue weighted by atomic mass is 10.3. The van der Waals surface area contributed by atoms with E-state index in [0.29, 0.717) is 6.54 Å². The molecule has 0 spiro atoms. The molecule has 0 aliphatic carbocycles. The van der Waals surface area contributed by atoms with Crippen molar-refractivity contribution in [1.82, 2.24) is 10.2 Å². The fraction of sp³-hybridized carbons (Fsp3) is 0.857. The molecule has 1 atom stereocenters. The number of aliphatic hydroxyl groups is 1. The Balaban J connectivity index is 3.89. The highest BCUT2D eigenvalue weighted by Gasteiger charge is 2.38. The van der Waals surface area contributed by atoms with E-state index in [-0.39, 0.29) is 0 Å². The third-order valence-electron chi connectivity index (χ3n) is 1.65. The fourth-order valence-corrected chi connectivity index (χ4v) is 0.578. The summed E-state index contributed by atoms with van der Waals surface area (Å²) >= 11 is 0. The highest BCUT2D eigenvalue weighted by molar-refractivity contribution is 5.73. The summed E-state index contributed by atoms with van der Waals surface area (Å²) in [5, 5.41) is 10.5. The standard InChI is InChI=1S/C7H13F3N2O2/c1-3-12(2)6(14)11-4-5(13)7(8,9)10/h5,13H,3-4H2,1-2H3,(H,11,14). The number of urea groups is 1. The van der Waals surface area contributed by atoms with Gasteiger partial charge in [-0.3, -0.25) is 0 Å². The van der Waals surface area contributed by atoms with Crippen LogP contribution in [0.1, 0.15) is 6.92 Å². The molecule has 0 fully saturated rings. The summed E-state index contributed by atoms with van der Waals surface area (Å²) in [7, 11) is 1.44. The first-order valence-electron chi connectivity index (χ1n) is 4.02. The Kier molecular flexibility index (Phi) is 4.69. The van der Waals surface area contributed by atoms with E-state index in [4.69, 9.17) is 5.11 Å². The van der Waals surface area contributed by atoms with E-state index in [1.165, 1.54) is 11.9 Å². The minimum absolute atomic E-state index is 0.383. The van der Waals surface area contributed by atoms with E-state index in [2.05, 4.69) is 0 Å². The van der Waals surface area contributed by atoms with Gasteiger partial charge in [0, 0.05) is 13.6 Å². The molecule has 2 N–H and O–H groups in total. The van der Waals surface area contributed by atoms with Crippen LogP contribution in [0.25, 0.3) is 0 Å². The maximum absolute atomic E-state index is 11.8. The van der Waals surface area contributed by atoms with Crippen LogP contribution < -0.4 is 5.32 Å². The number of halogens is 3. The molecule has 0 radical (unpaired) electrons. The lowest BCUT2D eigenvalue weighted by Gasteiger charge is -2.18. The second-order valence-electron chi connectivity index (χ2n) is 2.76. The van der Waals surface area contributed by atoms with Gasteiger partial charge in [0.25, 0.3) is 0 Å². The van der Waals surface area contributed by atoms with Crippen molar-refractivity contribution in [1.29, 1.82) is 0 Å². The molecule has 0 saturated heterocycles. The number of hydrogen-bond acceptors (Lipinski definition) is 2. The van der Waals surface area contributed by atoms with Gasteiger partial charge in [0.2, 0.25) is 0 Å². The summed E-state index contributed by atoms with van der Waals surface area (Å²) in [5.74, 6) is 0. The number of nitrogens with one attached hydrogen (secondary N) is 1. The molecule has 7 heteroatoms. The van der Waals surface area contributed by atoms with E-state index in [1.807, 2.05) is 5.32 Å². The van der Waals surface area contributed by atoms with Crippen molar-refractivity contribution in [3.05, 3.63) is 0 Å². The van der Waals surface area contributed by atoms with Gasteiger partial charge in [0.1, 0.15) is 0 Å². The number of amides is 2. The molecule has 14 heavy (non-hydrogen) atoms. The van der Waals surface area contributed by atoms with Crippen LogP contribution in [0.15, 0.2) is 0 Å². The van der Waals surface area contributed by atoms with Crippen molar-refractivity contribution in [3.8, 4) is 0 Å². The molecule has 0 bridgehead atoms. The van der Waals surface area contributed by atoms with Gasteiger partial charge in [-0.05, 0) is 6.92 Å². The van der Waals surface area contributed by atoms with Gasteiger partial charge >= 0.3 is 12.2 Å². The second kappa shape index (κ2) is 5.04. The Morgan fingerprint density at radius 3 is 2.43 bits per heavy atom. The largest absolute Gasteiger partial charge is 0.416 e. The van der Waals surface area contributed by atoms with E-state index >= 15 is 0 Å². The SMILES string of the molecule is CCN(C)C(=O)NCC(O)C(F)(F)F. The van der Waals surface area contributed by atoms with Crippen molar-refractivity contribution in [2.75, 3.05) is 20.1 Å². The zero-order valence-electron chi connectivity index (χ0n) is 7.93. The van der Waals surface area contributed by atoms with Gasteiger partial charge < -0.3 is 15.3 Å². The molecular weight excluding hydrogens is 201 g/mol. The third kappa shape index (κ3) is 4.31. The first-order valence-corrected chi connectivity index (χ1v) is 4.02. The highest BCUT2D eigenvalue weighted by atomic mass is 19.4. The van der Waals surface area contributed by atoms with Crippen molar-refractivity contribution >= 4 is 6.03 Å². The predicted octanol–water partition coefficient (Wildman–Crippen LogP) is 0.571. The lowest BCUT2D eigenvalue weighted by molar-refractivity contribution is -0.201. The maximum atomic E-state index is 11.8. The van der Waals surface area contributed by atoms with Gasteiger partial charge in [-0.1, -0.05) is 0 Å². The lowest BCUT2D eigenvalue weighted by Crippen LogP contribution is -2.45. The van der Waals surface area contributed by atoms with Crippen LogP contribution in [0.3, 0.4) is 0 Å². The second-order valence-corrected chi connectivity index (χ2v) is 2.76. The van der Waals surface area contributed by atoms with Gasteiger partial charge in [-0.15, -0.1) is 0 Å². The van der Waals surface area contributed by atoms with Crippen LogP contribution in [0.4, 0.5) is 18.0 Å². The highest BCUT2D eigenvalue weighted by Crippen LogP contribution is 2.19. The van der Waals surface area contributed by atoms with Crippen molar-refractivity contribution < 1.29 is 23.1 Å². The Morgan fingerprint density at radius 2 is 2.07 bits per heavy atom. The van der Waals surface area contributed by atoms with Gasteiger partial charge in [-0.25, -0.2) is 4.79 Å². The average Bonchev–Trinajstić information content (AvgIpc) is 2.10. The van der Waals surface area contributed by atoms with Crippen LogP contribution in [0, 0.1) is 0 Å². The Labute approximate surface area is 79.7 Å². The molecule has 4 nitrogen and oxygen atoms in total. The number of alkyl halides is 3. The van der Waals surface area contributed by atoms with Gasteiger partial charge in [-0.2, -0.15) is 13.2 Å². The average molecular weight is 214 g/mol. The van der Waals surface area contributed by atoms with Crippen molar-refractivity contribution in [2.45, 2.75) is 19.2 Å². The van der Waals surface area contributed by atoms with Crippen LogP contribution in [-0.4, -0.2) is 48.5 Å². The fourth-order valence-electron chi connectivity index (χ4n) is 0.578. The van der Waals surface area contributed by atoms with E-state index in [0.717, 1.165) is 0 Å². The molecule has 0 heterocycles. The van der Waals surface area contributed by atoms with E-state index in [9.17, 15) is 18.0 Å². The number of carbonyl (C=O) groups excluding carboxylic acids is 1. The molecule has 0 aromatic rings. The zero-order valence-corrected chi connectivity index (χ0v) is 7.93. The first-order chi connectivity index (χ1) is 6.29. The number of nitrogens with zero attached hydrogens (tertiary/aromatic N) is 1. The van der Waals surface area contributed by atoms with Gasteiger partial charge in [0.05, 0.1) is 6.54 Å². The maximum Gasteiger partial charge on any atom is 0.416 e. The Bertz CT molecular complexity index is 196. The van der Waals surface area contributed by atoms with Crippen molar-refractivity contribution in [2.24, 2.45) is 0 Å². The quantitative estimate of drug-likeness (QED) is 0.721. The molecule has 0 saturated carbocycles. The summed E-state index contributed by atoms with van der Waals surface area (Å²) < 4.78 is 35.3. The minimum Gasteiger partial charge on any atom is -0.382 e. The number of aliphatic hydroxyl groups excluding tert-OH is 1. The molecule has 0 aromatic carbocycles. The monoisotopic (exact) mass is 214 g/mol. The van der Waals surface area contributed by atoms with Crippen LogP contribution in [0.5, 0.6) is 0 Å². The molecular formula is C7H13F3N2O2.